The molecule has 0 amide bonds. The Bertz CT molecular complexity index is 813. The number of benzene rings is 1. The second-order valence-corrected chi connectivity index (χ2v) is 5.04. The minimum Gasteiger partial charge on any atom is -0.480 e. The summed E-state index contributed by atoms with van der Waals surface area (Å²) in [6.45, 7) is 0. The van der Waals surface area contributed by atoms with Crippen LogP contribution in [0.15, 0.2) is 60.0 Å². The smallest absolute Gasteiger partial charge is 0.325 e. The minimum absolute atomic E-state index is 0.396. The molecule has 0 radical (unpaired) electrons. The van der Waals surface area contributed by atoms with Gasteiger partial charge < -0.3 is 20.9 Å². The summed E-state index contributed by atoms with van der Waals surface area (Å²) < 4.78 is 0. The van der Waals surface area contributed by atoms with Crippen LogP contribution in [-0.2, 0) is 10.2 Å². The molecule has 0 saturated carbocycles. The van der Waals surface area contributed by atoms with Crippen molar-refractivity contribution in [2.24, 2.45) is 0 Å². The predicted molar refractivity (Wildman–Crippen MR) is 77.0 cm³/mol. The van der Waals surface area contributed by atoms with Crippen LogP contribution in [0.1, 0.15) is 5.82 Å². The summed E-state index contributed by atoms with van der Waals surface area (Å²) in [5, 5.41) is 9.76. The molecular weight excluding hydrogens is 268 g/mol. The van der Waals surface area contributed by atoms with Crippen LogP contribution in [0.5, 0.6) is 0 Å². The van der Waals surface area contributed by atoms with Crippen molar-refractivity contribution in [2.45, 2.75) is 5.41 Å². The lowest BCUT2D eigenvalue weighted by Crippen LogP contribution is -2.36. The Labute approximate surface area is 119 Å². The van der Waals surface area contributed by atoms with Gasteiger partial charge in [-0.25, -0.2) is 4.98 Å². The van der Waals surface area contributed by atoms with Crippen molar-refractivity contribution in [3.8, 4) is 0 Å². The Hall–Kier alpha value is -3.02. The Morgan fingerprint density at radius 3 is 2.95 bits per heavy atom. The molecule has 2 aliphatic rings. The van der Waals surface area contributed by atoms with Crippen molar-refractivity contribution < 1.29 is 9.90 Å². The van der Waals surface area contributed by atoms with E-state index < -0.39 is 11.4 Å². The maximum absolute atomic E-state index is 11.9. The molecule has 21 heavy (non-hydrogen) atoms. The largest absolute Gasteiger partial charge is 0.480 e. The zero-order valence-corrected chi connectivity index (χ0v) is 10.9. The lowest BCUT2D eigenvalue weighted by molar-refractivity contribution is -0.140. The Morgan fingerprint density at radius 2 is 2.14 bits per heavy atom. The van der Waals surface area contributed by atoms with Crippen molar-refractivity contribution >= 4 is 17.0 Å². The second-order valence-electron chi connectivity index (χ2n) is 5.04. The predicted octanol–water partition coefficient (Wildman–Crippen LogP) is 1.33. The summed E-state index contributed by atoms with van der Waals surface area (Å²) >= 11 is 0. The molecule has 2 heterocycles. The van der Waals surface area contributed by atoms with Crippen LogP contribution < -0.4 is 10.9 Å². The van der Waals surface area contributed by atoms with Gasteiger partial charge in [0.15, 0.2) is 5.41 Å². The maximum atomic E-state index is 11.9. The van der Waals surface area contributed by atoms with Gasteiger partial charge >= 0.3 is 5.97 Å². The molecule has 0 saturated heterocycles. The Balaban J connectivity index is 1.93. The first-order chi connectivity index (χ1) is 10.2. The number of para-hydroxylation sites is 2. The number of aliphatic carboxylic acids is 1. The number of nitrogens with one attached hydrogen (secondary N) is 3. The highest BCUT2D eigenvalue weighted by molar-refractivity contribution is 5.89. The fourth-order valence-corrected chi connectivity index (χ4v) is 2.63. The summed E-state index contributed by atoms with van der Waals surface area (Å²) in [4.78, 5) is 19.5. The number of imidazole rings is 1. The van der Waals surface area contributed by atoms with E-state index in [1.54, 1.807) is 24.4 Å². The summed E-state index contributed by atoms with van der Waals surface area (Å²) in [7, 11) is 0. The van der Waals surface area contributed by atoms with Crippen molar-refractivity contribution in [1.82, 2.24) is 20.8 Å². The number of aromatic nitrogens is 2. The molecule has 1 aromatic heterocycles. The highest BCUT2D eigenvalue weighted by atomic mass is 16.4. The summed E-state index contributed by atoms with van der Waals surface area (Å²) in [5.74, 6) is -0.578. The molecule has 6 nitrogen and oxygen atoms in total. The lowest BCUT2D eigenvalue weighted by Gasteiger charge is -2.24. The van der Waals surface area contributed by atoms with Gasteiger partial charge in [0, 0.05) is 11.8 Å². The number of rotatable bonds is 2. The number of hydrazine groups is 1. The van der Waals surface area contributed by atoms with Crippen LogP contribution in [0.2, 0.25) is 0 Å². The Kier molecular flexibility index (Phi) is 2.24. The number of nitrogens with zero attached hydrogens (tertiary/aromatic N) is 1. The van der Waals surface area contributed by atoms with E-state index in [0.717, 1.165) is 22.3 Å². The fourth-order valence-electron chi connectivity index (χ4n) is 2.63. The fraction of sp³-hybridized carbons (Fsp3) is 0.0667. The van der Waals surface area contributed by atoms with Gasteiger partial charge in [-0.2, -0.15) is 0 Å². The molecule has 104 valence electrons. The lowest BCUT2D eigenvalue weighted by atomic mass is 9.81. The first-order valence-corrected chi connectivity index (χ1v) is 6.52. The van der Waals surface area contributed by atoms with Crippen LogP contribution >= 0.6 is 0 Å². The number of hydrogen-bond acceptors (Lipinski definition) is 4. The molecule has 4 N–H and O–H groups in total. The van der Waals surface area contributed by atoms with E-state index in [9.17, 15) is 9.90 Å². The number of aromatic amines is 1. The van der Waals surface area contributed by atoms with E-state index in [4.69, 9.17) is 0 Å². The van der Waals surface area contributed by atoms with Crippen LogP contribution in [0.25, 0.3) is 11.0 Å². The molecule has 1 unspecified atom stereocenters. The number of hydrogen-bond donors (Lipinski definition) is 4. The second kappa shape index (κ2) is 3.99. The van der Waals surface area contributed by atoms with E-state index in [2.05, 4.69) is 20.8 Å². The zero-order valence-electron chi connectivity index (χ0n) is 10.9. The summed E-state index contributed by atoms with van der Waals surface area (Å²) in [6.07, 6.45) is 6.88. The molecule has 2 aromatic rings. The van der Waals surface area contributed by atoms with E-state index in [-0.39, 0.29) is 0 Å². The average molecular weight is 280 g/mol. The molecule has 1 aromatic carbocycles. The molecule has 1 aliphatic carbocycles. The molecule has 0 fully saturated rings. The van der Waals surface area contributed by atoms with Gasteiger partial charge in [-0.3, -0.25) is 4.79 Å². The monoisotopic (exact) mass is 280 g/mol. The highest BCUT2D eigenvalue weighted by Gasteiger charge is 2.42. The highest BCUT2D eigenvalue weighted by Crippen LogP contribution is 2.34. The molecular formula is C15H12N4O2. The third kappa shape index (κ3) is 1.59. The topological polar surface area (TPSA) is 90.0 Å². The maximum Gasteiger partial charge on any atom is 0.325 e. The Morgan fingerprint density at radius 1 is 1.29 bits per heavy atom. The molecule has 1 aliphatic heterocycles. The van der Waals surface area contributed by atoms with Crippen LogP contribution in [0, 0.1) is 0 Å². The first kappa shape index (κ1) is 11.8. The number of allylic oxidation sites excluding steroid dienone is 1. The van der Waals surface area contributed by atoms with Gasteiger partial charge in [-0.15, -0.1) is 0 Å². The third-order valence-corrected chi connectivity index (χ3v) is 3.78. The molecule has 0 bridgehead atoms. The SMILES string of the molecule is O=C(O)C1(c2nc3ccccc3[nH]2)C=CC2=CNNC2=C1. The average Bonchev–Trinajstić information content (AvgIpc) is 3.12. The van der Waals surface area contributed by atoms with Crippen LogP contribution in [0.3, 0.4) is 0 Å². The van der Waals surface area contributed by atoms with E-state index in [1.165, 1.54) is 0 Å². The molecule has 4 rings (SSSR count). The standard InChI is InChI=1S/C15H12N4O2/c20-14(21)15(6-5-9-8-16-19-12(9)7-15)13-17-10-3-1-2-4-11(10)18-13/h1-8,16,19H,(H,17,18)(H,20,21). The third-order valence-electron chi connectivity index (χ3n) is 3.78. The van der Waals surface area contributed by atoms with Gasteiger partial charge in [0.05, 0.1) is 16.7 Å². The van der Waals surface area contributed by atoms with E-state index in [1.807, 2.05) is 24.3 Å². The molecule has 0 spiro atoms. The van der Waals surface area contributed by atoms with Crippen LogP contribution in [-0.4, -0.2) is 21.0 Å². The number of carboxylic acid groups (broad SMARTS) is 1. The van der Waals surface area contributed by atoms with Crippen molar-refractivity contribution in [2.75, 3.05) is 0 Å². The van der Waals surface area contributed by atoms with E-state index >= 15 is 0 Å². The quantitative estimate of drug-likeness (QED) is 0.666. The van der Waals surface area contributed by atoms with Gasteiger partial charge in [0.2, 0.25) is 0 Å². The minimum atomic E-state index is -1.30. The van der Waals surface area contributed by atoms with Gasteiger partial charge in [-0.05, 0) is 18.2 Å². The van der Waals surface area contributed by atoms with Crippen molar-refractivity contribution in [3.63, 3.8) is 0 Å². The normalized spacial score (nSPS) is 23.0. The molecule has 1 atom stereocenters. The van der Waals surface area contributed by atoms with Gasteiger partial charge in [-0.1, -0.05) is 24.3 Å². The number of H-pyrrole nitrogens is 1. The van der Waals surface area contributed by atoms with Crippen molar-refractivity contribution in [1.29, 1.82) is 0 Å². The van der Waals surface area contributed by atoms with Gasteiger partial charge in [0.1, 0.15) is 5.82 Å². The van der Waals surface area contributed by atoms with Crippen molar-refractivity contribution in [3.05, 3.63) is 65.8 Å². The van der Waals surface area contributed by atoms with E-state index in [0.29, 0.717) is 5.82 Å². The number of fused-ring (bicyclic) bond motifs is 2. The number of carboxylic acids is 1. The van der Waals surface area contributed by atoms with Crippen LogP contribution in [0.4, 0.5) is 0 Å². The van der Waals surface area contributed by atoms with Gasteiger partial charge in [0.25, 0.3) is 0 Å². The number of carbonyl (C=O) groups is 1. The summed E-state index contributed by atoms with van der Waals surface area (Å²) in [5.41, 5.74) is 7.72. The zero-order chi connectivity index (χ0) is 14.4. The molecule has 6 heteroatoms. The summed E-state index contributed by atoms with van der Waals surface area (Å²) in [6, 6.07) is 7.49. The first-order valence-electron chi connectivity index (χ1n) is 6.52.